The standard InChI is InChI=1S/C15H20N2O3S2/c1-3-20-15(19)13(10-22-11-21-2)17-14(18)7-6-12-5-4-8-16-9-12/h4-9,13H,3,10-11H2,1-2H3,(H,17,18)/b7-6-/t13-/m0/s1. The van der Waals surface area contributed by atoms with Gasteiger partial charge >= 0.3 is 5.97 Å². The lowest BCUT2D eigenvalue weighted by atomic mass is 10.2. The minimum atomic E-state index is -0.636. The van der Waals surface area contributed by atoms with Crippen molar-refractivity contribution in [2.45, 2.75) is 13.0 Å². The number of pyridine rings is 1. The van der Waals surface area contributed by atoms with Gasteiger partial charge in [-0.2, -0.15) is 11.8 Å². The van der Waals surface area contributed by atoms with Crippen LogP contribution in [0.25, 0.3) is 6.08 Å². The van der Waals surface area contributed by atoms with Gasteiger partial charge in [-0.3, -0.25) is 9.78 Å². The fraction of sp³-hybridized carbons (Fsp3) is 0.400. The van der Waals surface area contributed by atoms with E-state index < -0.39 is 12.0 Å². The van der Waals surface area contributed by atoms with E-state index in [2.05, 4.69) is 10.3 Å². The Morgan fingerprint density at radius 1 is 1.50 bits per heavy atom. The third kappa shape index (κ3) is 7.51. The number of nitrogens with one attached hydrogen (secondary N) is 1. The summed E-state index contributed by atoms with van der Waals surface area (Å²) in [5, 5.41) is 3.54. The molecule has 1 amide bonds. The molecule has 0 spiro atoms. The number of thioether (sulfide) groups is 2. The fourth-order valence-corrected chi connectivity index (χ4v) is 3.03. The summed E-state index contributed by atoms with van der Waals surface area (Å²) in [5.74, 6) is -0.238. The molecule has 0 saturated heterocycles. The molecule has 1 atom stereocenters. The van der Waals surface area contributed by atoms with Crippen LogP contribution < -0.4 is 5.32 Å². The van der Waals surface area contributed by atoms with Gasteiger partial charge in [0.2, 0.25) is 5.91 Å². The average molecular weight is 340 g/mol. The van der Waals surface area contributed by atoms with E-state index in [9.17, 15) is 9.59 Å². The summed E-state index contributed by atoms with van der Waals surface area (Å²) in [5.41, 5.74) is 0.821. The SMILES string of the molecule is CCOC(=O)[C@H](CSCSC)NC(=O)/C=C\c1cccnc1. The van der Waals surface area contributed by atoms with Crippen LogP contribution in [0.2, 0.25) is 0 Å². The highest BCUT2D eigenvalue weighted by Gasteiger charge is 2.20. The molecule has 0 aliphatic carbocycles. The van der Waals surface area contributed by atoms with E-state index in [1.165, 1.54) is 6.08 Å². The topological polar surface area (TPSA) is 68.3 Å². The molecule has 1 aromatic heterocycles. The second-order valence-corrected chi connectivity index (χ2v) is 6.47. The number of carbonyl (C=O) groups is 2. The Morgan fingerprint density at radius 3 is 2.95 bits per heavy atom. The third-order valence-electron chi connectivity index (χ3n) is 2.48. The second-order valence-electron chi connectivity index (χ2n) is 4.21. The minimum Gasteiger partial charge on any atom is -0.464 e. The first-order valence-electron chi connectivity index (χ1n) is 6.79. The zero-order valence-corrected chi connectivity index (χ0v) is 14.3. The molecule has 0 bridgehead atoms. The molecule has 0 saturated carbocycles. The average Bonchev–Trinajstić information content (AvgIpc) is 2.53. The normalized spacial score (nSPS) is 12.1. The van der Waals surface area contributed by atoms with E-state index in [0.29, 0.717) is 12.4 Å². The molecule has 1 aromatic rings. The predicted octanol–water partition coefficient (Wildman–Crippen LogP) is 2.20. The number of rotatable bonds is 9. The first kappa shape index (κ1) is 18.6. The Kier molecular flexibility index (Phi) is 9.41. The maximum atomic E-state index is 11.9. The highest BCUT2D eigenvalue weighted by Crippen LogP contribution is 2.11. The largest absolute Gasteiger partial charge is 0.464 e. The maximum Gasteiger partial charge on any atom is 0.329 e. The summed E-state index contributed by atoms with van der Waals surface area (Å²) < 4.78 is 4.99. The van der Waals surface area contributed by atoms with Crippen LogP contribution in [0, 0.1) is 0 Å². The van der Waals surface area contributed by atoms with Crippen LogP contribution >= 0.6 is 23.5 Å². The summed E-state index contributed by atoms with van der Waals surface area (Å²) >= 11 is 3.26. The molecule has 0 aliphatic rings. The summed E-state index contributed by atoms with van der Waals surface area (Å²) in [6.45, 7) is 2.04. The third-order valence-corrected chi connectivity index (χ3v) is 4.66. The minimum absolute atomic E-state index is 0.296. The molecular weight excluding hydrogens is 320 g/mol. The zero-order chi connectivity index (χ0) is 16.2. The van der Waals surface area contributed by atoms with Crippen LogP contribution in [0.15, 0.2) is 30.6 Å². The van der Waals surface area contributed by atoms with E-state index >= 15 is 0 Å². The quantitative estimate of drug-likeness (QED) is 0.322. The van der Waals surface area contributed by atoms with Gasteiger partial charge in [0, 0.05) is 29.3 Å². The lowest BCUT2D eigenvalue weighted by Gasteiger charge is -2.15. The van der Waals surface area contributed by atoms with Gasteiger partial charge in [-0.1, -0.05) is 6.07 Å². The van der Waals surface area contributed by atoms with Crippen molar-refractivity contribution in [3.8, 4) is 0 Å². The number of hydrogen-bond acceptors (Lipinski definition) is 6. The molecule has 0 aromatic carbocycles. The first-order valence-corrected chi connectivity index (χ1v) is 9.34. The van der Waals surface area contributed by atoms with E-state index in [1.54, 1.807) is 55.0 Å². The number of nitrogens with zero attached hydrogens (tertiary/aromatic N) is 1. The number of hydrogen-bond donors (Lipinski definition) is 1. The molecule has 0 unspecified atom stereocenters. The predicted molar refractivity (Wildman–Crippen MR) is 92.7 cm³/mol. The number of carbonyl (C=O) groups excluding carboxylic acids is 2. The van der Waals surface area contributed by atoms with Crippen molar-refractivity contribution in [3.05, 3.63) is 36.2 Å². The highest BCUT2D eigenvalue weighted by atomic mass is 32.2. The van der Waals surface area contributed by atoms with Gasteiger partial charge in [-0.15, -0.1) is 11.8 Å². The summed E-state index contributed by atoms with van der Waals surface area (Å²) in [4.78, 5) is 27.7. The number of esters is 1. The monoisotopic (exact) mass is 340 g/mol. The number of amides is 1. The van der Waals surface area contributed by atoms with Crippen molar-refractivity contribution in [2.75, 3.05) is 23.7 Å². The molecule has 22 heavy (non-hydrogen) atoms. The molecule has 1 N–H and O–H groups in total. The number of ether oxygens (including phenoxy) is 1. The molecule has 1 rings (SSSR count). The zero-order valence-electron chi connectivity index (χ0n) is 12.7. The lowest BCUT2D eigenvalue weighted by Crippen LogP contribution is -2.43. The van der Waals surface area contributed by atoms with Gasteiger partial charge in [0.15, 0.2) is 0 Å². The van der Waals surface area contributed by atoms with E-state index in [4.69, 9.17) is 4.74 Å². The van der Waals surface area contributed by atoms with Crippen molar-refractivity contribution in [2.24, 2.45) is 0 Å². The summed E-state index contributed by atoms with van der Waals surface area (Å²) in [6, 6.07) is 2.99. The summed E-state index contributed by atoms with van der Waals surface area (Å²) in [6.07, 6.45) is 8.35. The van der Waals surface area contributed by atoms with Crippen molar-refractivity contribution in [3.63, 3.8) is 0 Å². The molecular formula is C15H20N2O3S2. The van der Waals surface area contributed by atoms with Crippen molar-refractivity contribution < 1.29 is 14.3 Å². The maximum absolute atomic E-state index is 11.9. The Morgan fingerprint density at radius 2 is 2.32 bits per heavy atom. The van der Waals surface area contributed by atoms with Gasteiger partial charge in [0.1, 0.15) is 6.04 Å². The van der Waals surface area contributed by atoms with Crippen LogP contribution in [0.4, 0.5) is 0 Å². The van der Waals surface area contributed by atoms with Gasteiger partial charge in [-0.25, -0.2) is 4.79 Å². The molecule has 5 nitrogen and oxygen atoms in total. The second kappa shape index (κ2) is 11.1. The Labute approximate surface area is 139 Å². The smallest absolute Gasteiger partial charge is 0.329 e. The Hall–Kier alpha value is -1.47. The molecule has 0 radical (unpaired) electrons. The van der Waals surface area contributed by atoms with E-state index in [0.717, 1.165) is 10.6 Å². The van der Waals surface area contributed by atoms with Crippen molar-refractivity contribution in [1.29, 1.82) is 0 Å². The summed E-state index contributed by atoms with van der Waals surface area (Å²) in [7, 11) is 0. The van der Waals surface area contributed by atoms with Crippen LogP contribution in [0.5, 0.6) is 0 Å². The van der Waals surface area contributed by atoms with Crippen LogP contribution in [-0.2, 0) is 14.3 Å². The molecule has 0 aliphatic heterocycles. The van der Waals surface area contributed by atoms with Crippen LogP contribution in [-0.4, -0.2) is 46.6 Å². The molecule has 0 fully saturated rings. The van der Waals surface area contributed by atoms with Crippen molar-refractivity contribution in [1.82, 2.24) is 10.3 Å². The van der Waals surface area contributed by atoms with E-state index in [1.807, 2.05) is 12.3 Å². The van der Waals surface area contributed by atoms with Gasteiger partial charge < -0.3 is 10.1 Å². The van der Waals surface area contributed by atoms with Crippen LogP contribution in [0.3, 0.4) is 0 Å². The highest BCUT2D eigenvalue weighted by molar-refractivity contribution is 8.15. The number of aromatic nitrogens is 1. The van der Waals surface area contributed by atoms with E-state index in [-0.39, 0.29) is 5.91 Å². The molecule has 7 heteroatoms. The lowest BCUT2D eigenvalue weighted by molar-refractivity contribution is -0.146. The van der Waals surface area contributed by atoms with Gasteiger partial charge in [0.25, 0.3) is 0 Å². The van der Waals surface area contributed by atoms with Gasteiger partial charge in [-0.05, 0) is 30.9 Å². The molecule has 120 valence electrons. The van der Waals surface area contributed by atoms with Gasteiger partial charge in [0.05, 0.1) is 6.61 Å². The Bertz CT molecular complexity index is 495. The first-order chi connectivity index (χ1) is 10.7. The van der Waals surface area contributed by atoms with Crippen LogP contribution in [0.1, 0.15) is 12.5 Å². The Balaban J connectivity index is 2.57. The fourth-order valence-electron chi connectivity index (χ4n) is 1.53. The molecule has 1 heterocycles. The van der Waals surface area contributed by atoms with Crippen molar-refractivity contribution >= 4 is 41.5 Å².